The van der Waals surface area contributed by atoms with Gasteiger partial charge in [0.2, 0.25) is 0 Å². The Kier molecular flexibility index (Phi) is 7.10. The van der Waals surface area contributed by atoms with Gasteiger partial charge in [-0.15, -0.1) is 0 Å². The number of para-hydroxylation sites is 1. The lowest BCUT2D eigenvalue weighted by atomic mass is 10.2. The number of nitrogens with one attached hydrogen (secondary N) is 2. The fourth-order valence-electron chi connectivity index (χ4n) is 2.93. The topological polar surface area (TPSA) is 72.7 Å². The summed E-state index contributed by atoms with van der Waals surface area (Å²) in [5, 5.41) is 11.1. The number of nitrogens with zero attached hydrogens (tertiary/aromatic N) is 3. The maximum atomic E-state index is 5.35. The molecule has 0 saturated carbocycles. The number of hydrogen-bond acceptors (Lipinski definition) is 4. The van der Waals surface area contributed by atoms with Crippen LogP contribution in [0.25, 0.3) is 5.69 Å². The molecule has 0 amide bonds. The second-order valence-electron chi connectivity index (χ2n) is 6.42. The van der Waals surface area contributed by atoms with Gasteiger partial charge in [-0.3, -0.25) is 4.99 Å². The number of aromatic nitrogens is 2. The third kappa shape index (κ3) is 5.51. The average Bonchev–Trinajstić information content (AvgIpc) is 3.25. The van der Waals surface area contributed by atoms with Gasteiger partial charge in [0.15, 0.2) is 17.5 Å². The number of methoxy groups -OCH3 is 2. The van der Waals surface area contributed by atoms with Gasteiger partial charge in [0, 0.05) is 26.3 Å². The summed E-state index contributed by atoms with van der Waals surface area (Å²) in [4.78, 5) is 4.28. The van der Waals surface area contributed by atoms with E-state index in [-0.39, 0.29) is 0 Å². The van der Waals surface area contributed by atoms with Crippen molar-refractivity contribution >= 4 is 5.96 Å². The Morgan fingerprint density at radius 1 is 1.00 bits per heavy atom. The van der Waals surface area contributed by atoms with E-state index in [4.69, 9.17) is 9.47 Å². The summed E-state index contributed by atoms with van der Waals surface area (Å²) >= 11 is 0. The van der Waals surface area contributed by atoms with E-state index in [9.17, 15) is 0 Å². The molecule has 0 bridgehead atoms. The Morgan fingerprint density at radius 3 is 2.52 bits per heavy atom. The van der Waals surface area contributed by atoms with E-state index in [1.54, 1.807) is 21.3 Å². The average molecular weight is 393 g/mol. The van der Waals surface area contributed by atoms with Crippen LogP contribution in [0.5, 0.6) is 11.5 Å². The molecule has 2 N–H and O–H groups in total. The molecule has 1 heterocycles. The van der Waals surface area contributed by atoms with Crippen LogP contribution in [0.2, 0.25) is 0 Å². The lowest BCUT2D eigenvalue weighted by Crippen LogP contribution is -2.37. The minimum atomic E-state index is 0.631. The third-order valence-corrected chi connectivity index (χ3v) is 4.49. The minimum Gasteiger partial charge on any atom is -0.493 e. The van der Waals surface area contributed by atoms with E-state index < -0.39 is 0 Å². The number of hydrogen-bond donors (Lipinski definition) is 2. The van der Waals surface area contributed by atoms with E-state index >= 15 is 0 Å². The van der Waals surface area contributed by atoms with Crippen LogP contribution >= 0.6 is 0 Å². The zero-order valence-corrected chi connectivity index (χ0v) is 17.1. The van der Waals surface area contributed by atoms with Gasteiger partial charge >= 0.3 is 0 Å². The number of benzene rings is 2. The first-order chi connectivity index (χ1) is 14.2. The Labute approximate surface area is 171 Å². The summed E-state index contributed by atoms with van der Waals surface area (Å²) in [6.45, 7) is 1.39. The Hall–Kier alpha value is -3.48. The SMILES string of the molecule is CN=C(NCCc1cnn(-c2ccccc2)c1)NCc1ccc(OC)c(OC)c1. The molecule has 29 heavy (non-hydrogen) atoms. The Morgan fingerprint density at radius 2 is 1.79 bits per heavy atom. The molecular formula is C22H27N5O2. The number of guanidine groups is 1. The zero-order chi connectivity index (χ0) is 20.5. The predicted octanol–water partition coefficient (Wildman–Crippen LogP) is 2.80. The summed E-state index contributed by atoms with van der Waals surface area (Å²) < 4.78 is 12.5. The monoisotopic (exact) mass is 393 g/mol. The largest absolute Gasteiger partial charge is 0.493 e. The number of rotatable bonds is 8. The standard InChI is InChI=1S/C22H27N5O2/c1-23-22(25-14-17-9-10-20(28-2)21(13-17)29-3)24-12-11-18-15-26-27(16-18)19-7-5-4-6-8-19/h4-10,13,15-16H,11-12,14H2,1-3H3,(H2,23,24,25). The summed E-state index contributed by atoms with van der Waals surface area (Å²) in [7, 11) is 5.03. The summed E-state index contributed by atoms with van der Waals surface area (Å²) in [5.41, 5.74) is 3.30. The molecule has 0 aliphatic heterocycles. The van der Waals surface area contributed by atoms with Gasteiger partial charge in [0.05, 0.1) is 26.1 Å². The van der Waals surface area contributed by atoms with Crippen molar-refractivity contribution in [2.75, 3.05) is 27.8 Å². The first kappa shape index (κ1) is 20.3. The molecule has 3 aromatic rings. The van der Waals surface area contributed by atoms with Gasteiger partial charge in [-0.25, -0.2) is 4.68 Å². The Bertz CT molecular complexity index is 937. The normalized spacial score (nSPS) is 11.2. The van der Waals surface area contributed by atoms with Crippen LogP contribution < -0.4 is 20.1 Å². The van der Waals surface area contributed by atoms with Crippen molar-refractivity contribution in [2.24, 2.45) is 4.99 Å². The van der Waals surface area contributed by atoms with Crippen LogP contribution in [-0.2, 0) is 13.0 Å². The number of ether oxygens (including phenoxy) is 2. The lowest BCUT2D eigenvalue weighted by molar-refractivity contribution is 0.354. The fraction of sp³-hybridized carbons (Fsp3) is 0.273. The van der Waals surface area contributed by atoms with E-state index in [0.717, 1.165) is 41.5 Å². The van der Waals surface area contributed by atoms with Crippen molar-refractivity contribution in [2.45, 2.75) is 13.0 Å². The molecule has 0 aliphatic rings. The lowest BCUT2D eigenvalue weighted by Gasteiger charge is -2.13. The molecule has 0 spiro atoms. The maximum absolute atomic E-state index is 5.35. The van der Waals surface area contributed by atoms with Crippen LogP contribution in [0.3, 0.4) is 0 Å². The Balaban J connectivity index is 1.48. The molecule has 0 saturated heterocycles. The number of aliphatic imine (C=N–C) groups is 1. The second kappa shape index (κ2) is 10.2. The molecule has 0 atom stereocenters. The van der Waals surface area contributed by atoms with Crippen molar-refractivity contribution in [3.8, 4) is 17.2 Å². The van der Waals surface area contributed by atoms with Crippen molar-refractivity contribution in [1.82, 2.24) is 20.4 Å². The van der Waals surface area contributed by atoms with Gasteiger partial charge < -0.3 is 20.1 Å². The summed E-state index contributed by atoms with van der Waals surface area (Å²) in [5.74, 6) is 2.18. The highest BCUT2D eigenvalue weighted by Crippen LogP contribution is 2.27. The van der Waals surface area contributed by atoms with E-state index in [1.807, 2.05) is 59.4 Å². The highest BCUT2D eigenvalue weighted by molar-refractivity contribution is 5.79. The maximum Gasteiger partial charge on any atom is 0.191 e. The van der Waals surface area contributed by atoms with Crippen molar-refractivity contribution in [3.63, 3.8) is 0 Å². The van der Waals surface area contributed by atoms with Gasteiger partial charge in [-0.2, -0.15) is 5.10 Å². The van der Waals surface area contributed by atoms with Gasteiger partial charge in [0.25, 0.3) is 0 Å². The highest BCUT2D eigenvalue weighted by Gasteiger charge is 2.06. The minimum absolute atomic E-state index is 0.631. The van der Waals surface area contributed by atoms with Crippen molar-refractivity contribution in [3.05, 3.63) is 72.1 Å². The van der Waals surface area contributed by atoms with Crippen molar-refractivity contribution < 1.29 is 9.47 Å². The van der Waals surface area contributed by atoms with Crippen LogP contribution in [0, 0.1) is 0 Å². The molecule has 1 aromatic heterocycles. The second-order valence-corrected chi connectivity index (χ2v) is 6.42. The van der Waals surface area contributed by atoms with Gasteiger partial charge in [0.1, 0.15) is 0 Å². The zero-order valence-electron chi connectivity index (χ0n) is 17.1. The predicted molar refractivity (Wildman–Crippen MR) is 115 cm³/mol. The molecule has 152 valence electrons. The molecule has 2 aromatic carbocycles. The fourth-order valence-corrected chi connectivity index (χ4v) is 2.93. The van der Waals surface area contributed by atoms with Crippen LogP contribution in [0.1, 0.15) is 11.1 Å². The van der Waals surface area contributed by atoms with E-state index in [1.165, 1.54) is 0 Å². The van der Waals surface area contributed by atoms with E-state index in [2.05, 4.69) is 26.9 Å². The smallest absolute Gasteiger partial charge is 0.191 e. The van der Waals surface area contributed by atoms with Gasteiger partial charge in [-0.1, -0.05) is 24.3 Å². The first-order valence-electron chi connectivity index (χ1n) is 9.48. The summed E-state index contributed by atoms with van der Waals surface area (Å²) in [6, 6.07) is 15.9. The van der Waals surface area contributed by atoms with E-state index in [0.29, 0.717) is 12.3 Å². The highest BCUT2D eigenvalue weighted by atomic mass is 16.5. The van der Waals surface area contributed by atoms with Crippen molar-refractivity contribution in [1.29, 1.82) is 0 Å². The van der Waals surface area contributed by atoms with Crippen LogP contribution in [0.15, 0.2) is 65.9 Å². The first-order valence-corrected chi connectivity index (χ1v) is 9.48. The quantitative estimate of drug-likeness (QED) is 0.455. The third-order valence-electron chi connectivity index (χ3n) is 4.49. The molecular weight excluding hydrogens is 366 g/mol. The van der Waals surface area contributed by atoms with Gasteiger partial charge in [-0.05, 0) is 41.8 Å². The molecule has 7 heteroatoms. The molecule has 0 fully saturated rings. The molecule has 0 radical (unpaired) electrons. The molecule has 0 aliphatic carbocycles. The summed E-state index contributed by atoms with van der Waals surface area (Å²) in [6.07, 6.45) is 4.80. The molecule has 0 unspecified atom stereocenters. The van der Waals surface area contributed by atoms with Crippen LogP contribution in [-0.4, -0.2) is 43.6 Å². The molecule has 3 rings (SSSR count). The molecule has 7 nitrogen and oxygen atoms in total. The van der Waals surface area contributed by atoms with Crippen LogP contribution in [0.4, 0.5) is 0 Å².